The molecule has 3 aromatic rings. The Hall–Kier alpha value is -3.24. The molecule has 1 aromatic carbocycles. The summed E-state index contributed by atoms with van der Waals surface area (Å²) < 4.78 is 44.7. The molecular formula is C14H10F3N5O3. The molecule has 0 aliphatic carbocycles. The number of hydrogen-bond donors (Lipinski definition) is 0. The number of nitro benzene ring substituents is 1. The van der Waals surface area contributed by atoms with Crippen molar-refractivity contribution in [1.29, 1.82) is 0 Å². The molecule has 0 fully saturated rings. The van der Waals surface area contributed by atoms with Crippen LogP contribution in [-0.2, 0) is 6.18 Å². The highest BCUT2D eigenvalue weighted by Crippen LogP contribution is 2.34. The quantitative estimate of drug-likeness (QED) is 0.528. The molecule has 0 atom stereocenters. The number of rotatable bonds is 3. The van der Waals surface area contributed by atoms with Crippen LogP contribution in [-0.4, -0.2) is 24.5 Å². The molecule has 2 heterocycles. The summed E-state index contributed by atoms with van der Waals surface area (Å²) in [6, 6.07) is 5.71. The molecule has 0 unspecified atom stereocenters. The monoisotopic (exact) mass is 353 g/mol. The molecule has 3 rings (SSSR count). The number of nitro groups is 1. The zero-order valence-electron chi connectivity index (χ0n) is 12.9. The van der Waals surface area contributed by atoms with Crippen molar-refractivity contribution in [2.24, 2.45) is 0 Å². The number of aromatic nitrogens is 4. The molecule has 8 nitrogen and oxygen atoms in total. The topological polar surface area (TPSA) is 95.5 Å². The Morgan fingerprint density at radius 1 is 1.24 bits per heavy atom. The number of ether oxygens (including phenoxy) is 1. The minimum Gasteiger partial charge on any atom is -0.432 e. The van der Waals surface area contributed by atoms with Gasteiger partial charge in [0.1, 0.15) is 0 Å². The van der Waals surface area contributed by atoms with Crippen LogP contribution < -0.4 is 4.74 Å². The van der Waals surface area contributed by atoms with Gasteiger partial charge in [-0.05, 0) is 19.9 Å². The number of halogens is 3. The van der Waals surface area contributed by atoms with Crippen LogP contribution in [0.25, 0.3) is 5.78 Å². The fourth-order valence-corrected chi connectivity index (χ4v) is 2.21. The molecule has 0 bridgehead atoms. The second-order valence-corrected chi connectivity index (χ2v) is 5.16. The summed E-state index contributed by atoms with van der Waals surface area (Å²) in [5, 5.41) is 14.6. The van der Waals surface area contributed by atoms with E-state index in [1.54, 1.807) is 0 Å². The number of hydrogen-bond acceptors (Lipinski definition) is 6. The number of nitrogens with zero attached hydrogens (tertiary/aromatic N) is 5. The zero-order chi connectivity index (χ0) is 18.4. The van der Waals surface area contributed by atoms with Gasteiger partial charge >= 0.3 is 11.9 Å². The van der Waals surface area contributed by atoms with Gasteiger partial charge in [0.05, 0.1) is 4.92 Å². The van der Waals surface area contributed by atoms with Crippen LogP contribution in [0.3, 0.4) is 0 Å². The molecule has 0 saturated heterocycles. The van der Waals surface area contributed by atoms with E-state index in [1.807, 2.05) is 0 Å². The van der Waals surface area contributed by atoms with E-state index < -0.39 is 16.9 Å². The maximum atomic E-state index is 12.8. The normalized spacial score (nSPS) is 11.7. The summed E-state index contributed by atoms with van der Waals surface area (Å²) >= 11 is 0. The number of alkyl halides is 3. The zero-order valence-corrected chi connectivity index (χ0v) is 12.9. The number of para-hydroxylation sites is 1. The largest absolute Gasteiger partial charge is 0.453 e. The Morgan fingerprint density at radius 2 is 1.96 bits per heavy atom. The lowest BCUT2D eigenvalue weighted by Crippen LogP contribution is -2.08. The first-order valence-electron chi connectivity index (χ1n) is 6.90. The van der Waals surface area contributed by atoms with Gasteiger partial charge in [-0.25, -0.2) is 4.98 Å². The van der Waals surface area contributed by atoms with Crippen molar-refractivity contribution in [3.05, 3.63) is 51.5 Å². The molecule has 0 aliphatic rings. The Balaban J connectivity index is 2.16. The third kappa shape index (κ3) is 3.07. The second-order valence-electron chi connectivity index (χ2n) is 5.16. The molecule has 11 heteroatoms. The Morgan fingerprint density at radius 3 is 2.60 bits per heavy atom. The van der Waals surface area contributed by atoms with Gasteiger partial charge in [0.25, 0.3) is 11.6 Å². The van der Waals surface area contributed by atoms with Crippen LogP contribution in [0.15, 0.2) is 24.3 Å². The summed E-state index contributed by atoms with van der Waals surface area (Å²) in [7, 11) is 0. The van der Waals surface area contributed by atoms with E-state index in [-0.39, 0.29) is 23.1 Å². The lowest BCUT2D eigenvalue weighted by molar-refractivity contribution is -0.386. The molecule has 130 valence electrons. The van der Waals surface area contributed by atoms with Crippen LogP contribution in [0.4, 0.5) is 18.9 Å². The number of fused-ring (bicyclic) bond motifs is 1. The van der Waals surface area contributed by atoms with Gasteiger partial charge < -0.3 is 4.74 Å². The summed E-state index contributed by atoms with van der Waals surface area (Å²) in [5.41, 5.74) is 0.374. The maximum absolute atomic E-state index is 12.8. The van der Waals surface area contributed by atoms with Gasteiger partial charge in [-0.1, -0.05) is 12.1 Å². The standard InChI is InChI=1S/C14H10F3N5O3/c1-7-4-3-5-9(11(7)22(23)24)25-10-6-8(2)18-13-19-12(14(15,16)17)20-21(10)13/h3-6H,1-2H3. The summed E-state index contributed by atoms with van der Waals surface area (Å²) in [5.74, 6) is -1.99. The predicted molar refractivity (Wildman–Crippen MR) is 78.4 cm³/mol. The average molecular weight is 353 g/mol. The van der Waals surface area contributed by atoms with E-state index in [4.69, 9.17) is 4.74 Å². The Bertz CT molecular complexity index is 984. The van der Waals surface area contributed by atoms with Gasteiger partial charge in [0.2, 0.25) is 11.6 Å². The van der Waals surface area contributed by atoms with Gasteiger partial charge in [0, 0.05) is 17.3 Å². The van der Waals surface area contributed by atoms with E-state index in [0.29, 0.717) is 11.3 Å². The van der Waals surface area contributed by atoms with E-state index >= 15 is 0 Å². The first-order valence-corrected chi connectivity index (χ1v) is 6.90. The molecule has 0 spiro atoms. The summed E-state index contributed by atoms with van der Waals surface area (Å²) in [6.07, 6.45) is -4.76. The molecule has 0 radical (unpaired) electrons. The molecular weight excluding hydrogens is 343 g/mol. The second kappa shape index (κ2) is 5.69. The van der Waals surface area contributed by atoms with Crippen molar-refractivity contribution in [1.82, 2.24) is 19.6 Å². The highest BCUT2D eigenvalue weighted by atomic mass is 19.4. The minimum absolute atomic E-state index is 0.124. The van der Waals surface area contributed by atoms with Gasteiger partial charge in [-0.3, -0.25) is 10.1 Å². The van der Waals surface area contributed by atoms with Crippen LogP contribution in [0.2, 0.25) is 0 Å². The van der Waals surface area contributed by atoms with Crippen molar-refractivity contribution >= 4 is 11.5 Å². The van der Waals surface area contributed by atoms with Crippen molar-refractivity contribution < 1.29 is 22.8 Å². The average Bonchev–Trinajstić information content (AvgIpc) is 2.91. The molecule has 2 aromatic heterocycles. The molecule has 0 aliphatic heterocycles. The fourth-order valence-electron chi connectivity index (χ4n) is 2.21. The third-order valence-corrected chi connectivity index (χ3v) is 3.26. The summed E-state index contributed by atoms with van der Waals surface area (Å²) in [6.45, 7) is 3.05. The highest BCUT2D eigenvalue weighted by molar-refractivity contribution is 5.53. The predicted octanol–water partition coefficient (Wildman–Crippen LogP) is 3.46. The van der Waals surface area contributed by atoms with Crippen molar-refractivity contribution in [2.75, 3.05) is 0 Å². The van der Waals surface area contributed by atoms with Crippen molar-refractivity contribution in [3.63, 3.8) is 0 Å². The molecule has 0 saturated carbocycles. The lowest BCUT2D eigenvalue weighted by Gasteiger charge is -2.09. The van der Waals surface area contributed by atoms with Crippen molar-refractivity contribution in [3.8, 4) is 11.6 Å². The highest BCUT2D eigenvalue weighted by Gasteiger charge is 2.37. The fraction of sp³-hybridized carbons (Fsp3) is 0.214. The molecule has 25 heavy (non-hydrogen) atoms. The van der Waals surface area contributed by atoms with Gasteiger partial charge in [-0.15, -0.1) is 5.10 Å². The van der Waals surface area contributed by atoms with Crippen LogP contribution in [0.5, 0.6) is 11.6 Å². The maximum Gasteiger partial charge on any atom is 0.453 e. The first kappa shape index (κ1) is 16.6. The van der Waals surface area contributed by atoms with E-state index in [0.717, 1.165) is 4.52 Å². The van der Waals surface area contributed by atoms with Crippen LogP contribution in [0.1, 0.15) is 17.1 Å². The number of benzene rings is 1. The Kier molecular flexibility index (Phi) is 3.78. The SMILES string of the molecule is Cc1cc(Oc2cccc(C)c2[N+](=O)[O-])n2nc(C(F)(F)F)nc2n1. The number of aryl methyl sites for hydroxylation is 2. The van der Waals surface area contributed by atoms with E-state index in [9.17, 15) is 23.3 Å². The summed E-state index contributed by atoms with van der Waals surface area (Å²) in [4.78, 5) is 17.8. The lowest BCUT2D eigenvalue weighted by atomic mass is 10.2. The van der Waals surface area contributed by atoms with Gasteiger partial charge in [-0.2, -0.15) is 22.7 Å². The van der Waals surface area contributed by atoms with Crippen LogP contribution in [0, 0.1) is 24.0 Å². The van der Waals surface area contributed by atoms with Gasteiger partial charge in [0.15, 0.2) is 0 Å². The third-order valence-electron chi connectivity index (χ3n) is 3.26. The molecule has 0 N–H and O–H groups in total. The van der Waals surface area contributed by atoms with E-state index in [2.05, 4.69) is 15.1 Å². The van der Waals surface area contributed by atoms with Crippen LogP contribution >= 0.6 is 0 Å². The minimum atomic E-state index is -4.76. The Labute approximate surface area is 138 Å². The molecule has 0 amide bonds. The van der Waals surface area contributed by atoms with Crippen molar-refractivity contribution in [2.45, 2.75) is 20.0 Å². The van der Waals surface area contributed by atoms with E-state index in [1.165, 1.54) is 38.1 Å². The first-order chi connectivity index (χ1) is 11.7. The smallest absolute Gasteiger partial charge is 0.432 e.